The first-order valence-corrected chi connectivity index (χ1v) is 18.3. The lowest BCUT2D eigenvalue weighted by atomic mass is 9.84. The molecule has 1 aromatic carbocycles. The van der Waals surface area contributed by atoms with Gasteiger partial charge in [-0.25, -0.2) is 27.1 Å². The van der Waals surface area contributed by atoms with Gasteiger partial charge in [0.2, 0.25) is 10.0 Å². The molecule has 0 spiro atoms. The SMILES string of the molecule is Cc1ncnc(C)c1C(=O)N1CCC(C)(N2CCN(C(CC3CCN(S(=O)(=O)C4CC4)CC3)c3cccc(F)c3)[C@@H](C)C2)CC1. The third-order valence-electron chi connectivity index (χ3n) is 11.1. The van der Waals surface area contributed by atoms with Crippen molar-refractivity contribution in [2.45, 2.75) is 95.5 Å². The van der Waals surface area contributed by atoms with Crippen LogP contribution >= 0.6 is 0 Å². The molecule has 0 N–H and O–H groups in total. The van der Waals surface area contributed by atoms with E-state index in [9.17, 15) is 17.6 Å². The summed E-state index contributed by atoms with van der Waals surface area (Å²) in [5.74, 6) is 0.214. The van der Waals surface area contributed by atoms with Gasteiger partial charge in [0.15, 0.2) is 0 Å². The number of benzene rings is 1. The van der Waals surface area contributed by atoms with Crippen molar-refractivity contribution in [1.82, 2.24) is 29.0 Å². The topological polar surface area (TPSA) is 90.0 Å². The van der Waals surface area contributed by atoms with Crippen LogP contribution in [0.4, 0.5) is 4.39 Å². The molecule has 1 aromatic heterocycles. The molecule has 0 bridgehead atoms. The van der Waals surface area contributed by atoms with Gasteiger partial charge < -0.3 is 4.90 Å². The van der Waals surface area contributed by atoms with Gasteiger partial charge in [0, 0.05) is 63.4 Å². The molecule has 1 saturated carbocycles. The Balaban J connectivity index is 1.10. The van der Waals surface area contributed by atoms with Crippen molar-refractivity contribution in [3.05, 3.63) is 58.9 Å². The van der Waals surface area contributed by atoms with Gasteiger partial charge in [-0.2, -0.15) is 0 Å². The maximum atomic E-state index is 14.5. The van der Waals surface area contributed by atoms with Gasteiger partial charge in [-0.05, 0) is 96.3 Å². The zero-order chi connectivity index (χ0) is 31.9. The molecule has 3 saturated heterocycles. The Hall–Kier alpha value is -2.47. The zero-order valence-corrected chi connectivity index (χ0v) is 28.1. The summed E-state index contributed by atoms with van der Waals surface area (Å²) in [6.45, 7) is 13.7. The molecule has 45 heavy (non-hydrogen) atoms. The molecule has 6 rings (SSSR count). The van der Waals surface area contributed by atoms with E-state index < -0.39 is 10.0 Å². The van der Waals surface area contributed by atoms with E-state index in [1.165, 1.54) is 12.4 Å². The van der Waals surface area contributed by atoms with Crippen molar-refractivity contribution in [2.75, 3.05) is 45.8 Å². The first-order chi connectivity index (χ1) is 21.5. The monoisotopic (exact) mass is 640 g/mol. The molecular formula is C34H49FN6O3S. The standard InChI is InChI=1S/C34H49FN6O3S/c1-24-22-39(34(4)12-16-38(17-13-34)33(42)32-25(2)36-23-37-26(32)3)18-19-41(24)31(28-6-5-7-29(35)21-28)20-27-10-14-40(15-11-27)45(43,44)30-8-9-30/h5-7,21,23-24,27,30-31H,8-20,22H2,1-4H3/t24-,31?/m0/s1. The van der Waals surface area contributed by atoms with Crippen LogP contribution in [0, 0.1) is 25.6 Å². The lowest BCUT2D eigenvalue weighted by molar-refractivity contribution is -0.0340. The molecule has 4 aliphatic rings. The molecule has 9 nitrogen and oxygen atoms in total. The number of amides is 1. The Bertz CT molecular complexity index is 1460. The molecule has 2 aromatic rings. The highest BCUT2D eigenvalue weighted by Gasteiger charge is 2.43. The minimum Gasteiger partial charge on any atom is -0.338 e. The van der Waals surface area contributed by atoms with Crippen molar-refractivity contribution >= 4 is 15.9 Å². The van der Waals surface area contributed by atoms with Gasteiger partial charge in [-0.3, -0.25) is 14.6 Å². The number of hydrogen-bond donors (Lipinski definition) is 0. The van der Waals surface area contributed by atoms with E-state index in [4.69, 9.17) is 0 Å². The number of aryl methyl sites for hydroxylation is 2. The molecule has 3 aliphatic heterocycles. The zero-order valence-electron chi connectivity index (χ0n) is 27.3. The number of piperidine rings is 2. The van der Waals surface area contributed by atoms with Crippen LogP contribution < -0.4 is 0 Å². The summed E-state index contributed by atoms with van der Waals surface area (Å²) < 4.78 is 41.8. The number of piperazine rings is 1. The second-order valence-electron chi connectivity index (χ2n) is 14.1. The number of sulfonamides is 1. The van der Waals surface area contributed by atoms with Crippen LogP contribution in [-0.2, 0) is 10.0 Å². The summed E-state index contributed by atoms with van der Waals surface area (Å²) in [6, 6.07) is 7.41. The van der Waals surface area contributed by atoms with E-state index in [1.54, 1.807) is 10.4 Å². The quantitative estimate of drug-likeness (QED) is 0.418. The van der Waals surface area contributed by atoms with Gasteiger partial charge in [0.1, 0.15) is 12.1 Å². The number of halogens is 1. The molecule has 11 heteroatoms. The Labute approximate surface area is 268 Å². The number of hydrogen-bond acceptors (Lipinski definition) is 7. The number of likely N-dealkylation sites (tertiary alicyclic amines) is 1. The van der Waals surface area contributed by atoms with Crippen LogP contribution in [0.25, 0.3) is 0 Å². The van der Waals surface area contributed by atoms with E-state index in [-0.39, 0.29) is 34.6 Å². The summed E-state index contributed by atoms with van der Waals surface area (Å²) in [5, 5.41) is -0.160. The fourth-order valence-electron chi connectivity index (χ4n) is 7.96. The third-order valence-corrected chi connectivity index (χ3v) is 13.5. The minimum atomic E-state index is -3.14. The van der Waals surface area contributed by atoms with Gasteiger partial charge in [-0.1, -0.05) is 12.1 Å². The fraction of sp³-hybridized carbons (Fsp3) is 0.676. The molecule has 1 amide bonds. The first kappa shape index (κ1) is 32.5. The molecular weight excluding hydrogens is 591 g/mol. The number of carbonyl (C=O) groups excluding carboxylic acids is 1. The van der Waals surface area contributed by atoms with Crippen molar-refractivity contribution in [1.29, 1.82) is 0 Å². The average Bonchev–Trinajstić information content (AvgIpc) is 3.87. The van der Waals surface area contributed by atoms with Crippen LogP contribution in [0.2, 0.25) is 0 Å². The van der Waals surface area contributed by atoms with Crippen LogP contribution in [0.1, 0.15) is 92.1 Å². The van der Waals surface area contributed by atoms with Crippen LogP contribution in [-0.4, -0.2) is 106 Å². The maximum Gasteiger partial charge on any atom is 0.257 e. The fourth-order valence-corrected chi connectivity index (χ4v) is 9.84. The molecule has 0 radical (unpaired) electrons. The largest absolute Gasteiger partial charge is 0.338 e. The summed E-state index contributed by atoms with van der Waals surface area (Å²) in [5.41, 5.74) is 3.10. The molecule has 4 heterocycles. The summed E-state index contributed by atoms with van der Waals surface area (Å²) in [4.78, 5) is 29.0. The molecule has 4 fully saturated rings. The number of rotatable bonds is 8. The smallest absolute Gasteiger partial charge is 0.257 e. The summed E-state index contributed by atoms with van der Waals surface area (Å²) in [6.07, 6.45) is 7.54. The predicted molar refractivity (Wildman–Crippen MR) is 173 cm³/mol. The van der Waals surface area contributed by atoms with Crippen molar-refractivity contribution in [3.8, 4) is 0 Å². The van der Waals surface area contributed by atoms with Crippen LogP contribution in [0.3, 0.4) is 0 Å². The normalized spacial score (nSPS) is 24.9. The van der Waals surface area contributed by atoms with E-state index >= 15 is 0 Å². The highest BCUT2D eigenvalue weighted by Crippen LogP contribution is 2.39. The van der Waals surface area contributed by atoms with Gasteiger partial charge in [0.05, 0.1) is 22.2 Å². The maximum absolute atomic E-state index is 14.5. The average molecular weight is 641 g/mol. The van der Waals surface area contributed by atoms with Crippen LogP contribution in [0.15, 0.2) is 30.6 Å². The third kappa shape index (κ3) is 6.82. The van der Waals surface area contributed by atoms with Gasteiger partial charge in [-0.15, -0.1) is 0 Å². The second kappa shape index (κ2) is 13.0. The number of aromatic nitrogens is 2. The Kier molecular flexibility index (Phi) is 9.36. The van der Waals surface area contributed by atoms with Crippen molar-refractivity contribution in [2.24, 2.45) is 5.92 Å². The van der Waals surface area contributed by atoms with E-state index in [0.29, 0.717) is 37.7 Å². The highest BCUT2D eigenvalue weighted by atomic mass is 32.2. The van der Waals surface area contributed by atoms with Crippen LogP contribution in [0.5, 0.6) is 0 Å². The first-order valence-electron chi connectivity index (χ1n) is 16.8. The Morgan fingerprint density at radius 1 is 1.00 bits per heavy atom. The van der Waals surface area contributed by atoms with Gasteiger partial charge >= 0.3 is 0 Å². The predicted octanol–water partition coefficient (Wildman–Crippen LogP) is 4.57. The lowest BCUT2D eigenvalue weighted by Crippen LogP contribution is -2.62. The summed E-state index contributed by atoms with van der Waals surface area (Å²) >= 11 is 0. The molecule has 1 aliphatic carbocycles. The minimum absolute atomic E-state index is 0.00262. The highest BCUT2D eigenvalue weighted by molar-refractivity contribution is 7.90. The Morgan fingerprint density at radius 2 is 1.67 bits per heavy atom. The van der Waals surface area contributed by atoms with Crippen molar-refractivity contribution < 1.29 is 17.6 Å². The number of carbonyl (C=O) groups is 1. The van der Waals surface area contributed by atoms with E-state index in [2.05, 4.69) is 39.7 Å². The van der Waals surface area contributed by atoms with E-state index in [0.717, 1.165) is 81.5 Å². The molecule has 2 atom stereocenters. The van der Waals surface area contributed by atoms with Crippen molar-refractivity contribution in [3.63, 3.8) is 0 Å². The second-order valence-corrected chi connectivity index (χ2v) is 16.3. The Morgan fingerprint density at radius 3 is 2.27 bits per heavy atom. The van der Waals surface area contributed by atoms with Gasteiger partial charge in [0.25, 0.3) is 5.91 Å². The number of nitrogens with zero attached hydrogens (tertiary/aromatic N) is 6. The molecule has 246 valence electrons. The molecule has 1 unspecified atom stereocenters. The van der Waals surface area contributed by atoms with E-state index in [1.807, 2.05) is 24.8 Å². The lowest BCUT2D eigenvalue weighted by Gasteiger charge is -2.53. The summed E-state index contributed by atoms with van der Waals surface area (Å²) in [7, 11) is -3.14.